The third-order valence-corrected chi connectivity index (χ3v) is 7.88. The Kier molecular flexibility index (Phi) is 9.53. The van der Waals surface area contributed by atoms with Gasteiger partial charge in [-0.1, -0.05) is 36.8 Å². The first-order chi connectivity index (χ1) is 19.7. The number of piperidine rings is 1. The Morgan fingerprint density at radius 1 is 0.650 bits per heavy atom. The van der Waals surface area contributed by atoms with Crippen LogP contribution in [0.3, 0.4) is 0 Å². The number of thiophene rings is 1. The molecule has 8 heteroatoms. The van der Waals surface area contributed by atoms with Crippen LogP contribution >= 0.6 is 11.3 Å². The van der Waals surface area contributed by atoms with Gasteiger partial charge in [-0.15, -0.1) is 10.2 Å². The molecule has 0 aliphatic carbocycles. The minimum absolute atomic E-state index is 0.754. The average molecular weight is 550 g/mol. The van der Waals surface area contributed by atoms with E-state index in [2.05, 4.69) is 60.7 Å². The molecule has 4 aromatic rings. The zero-order chi connectivity index (χ0) is 27.6. The van der Waals surface area contributed by atoms with Crippen LogP contribution in [0.1, 0.15) is 50.2 Å². The summed E-state index contributed by atoms with van der Waals surface area (Å²) in [5.74, 6) is 0. The van der Waals surface area contributed by atoms with Crippen molar-refractivity contribution < 1.29 is 0 Å². The quantitative estimate of drug-likeness (QED) is 0.181. The molecule has 0 unspecified atom stereocenters. The van der Waals surface area contributed by atoms with E-state index in [0.29, 0.717) is 0 Å². The number of hydrogen-bond donors (Lipinski definition) is 0. The number of hydrogen-bond acceptors (Lipinski definition) is 8. The second-order valence-electron chi connectivity index (χ2n) is 10.0. The molecule has 0 spiro atoms. The predicted octanol–water partition coefficient (Wildman–Crippen LogP) is 11.6. The van der Waals surface area contributed by atoms with Crippen molar-refractivity contribution in [3.63, 3.8) is 0 Å². The largest absolute Gasteiger partial charge is 0.363 e. The summed E-state index contributed by atoms with van der Waals surface area (Å²) < 4.78 is 0. The standard InChI is InChI=1S/C32H35N7S/c1-3-4-8-25-9-11-26(12-10-25)33-34-27-13-15-28(16-14-27)35-37-30-18-17-29(23-24(30)2)36-38-31-19-20-32(40-31)39-21-6-5-7-22-39/h9-20,23H,3-8,21-22H2,1-2H3. The Balaban J connectivity index is 1.16. The minimum atomic E-state index is 0.754. The number of azo groups is 3. The molecule has 3 aromatic carbocycles. The molecular weight excluding hydrogens is 514 g/mol. The Morgan fingerprint density at radius 2 is 1.25 bits per heavy atom. The van der Waals surface area contributed by atoms with Crippen LogP contribution in [0.25, 0.3) is 0 Å². The van der Waals surface area contributed by atoms with Gasteiger partial charge < -0.3 is 4.90 Å². The Bertz CT molecular complexity index is 1460. The normalized spacial score (nSPS) is 14.2. The molecule has 1 saturated heterocycles. The fourth-order valence-corrected chi connectivity index (χ4v) is 5.38. The number of unbranched alkanes of at least 4 members (excludes halogenated alkanes) is 1. The Hall–Kier alpha value is -4.04. The highest BCUT2D eigenvalue weighted by Crippen LogP contribution is 2.35. The molecule has 0 amide bonds. The van der Waals surface area contributed by atoms with E-state index in [1.165, 1.54) is 42.7 Å². The molecule has 5 rings (SSSR count). The van der Waals surface area contributed by atoms with Crippen molar-refractivity contribution in [2.75, 3.05) is 18.0 Å². The number of aryl methyl sites for hydroxylation is 2. The second-order valence-corrected chi connectivity index (χ2v) is 11.1. The third kappa shape index (κ3) is 7.76. The van der Waals surface area contributed by atoms with Crippen LogP contribution in [0.5, 0.6) is 0 Å². The van der Waals surface area contributed by atoms with Gasteiger partial charge in [0.15, 0.2) is 0 Å². The second kappa shape index (κ2) is 13.8. The zero-order valence-electron chi connectivity index (χ0n) is 23.2. The van der Waals surface area contributed by atoms with E-state index in [-0.39, 0.29) is 0 Å². The first-order valence-electron chi connectivity index (χ1n) is 14.1. The summed E-state index contributed by atoms with van der Waals surface area (Å²) in [4.78, 5) is 2.45. The van der Waals surface area contributed by atoms with Crippen molar-refractivity contribution in [3.05, 3.63) is 90.0 Å². The molecule has 0 saturated carbocycles. The van der Waals surface area contributed by atoms with Crippen LogP contribution in [-0.4, -0.2) is 13.1 Å². The predicted molar refractivity (Wildman–Crippen MR) is 166 cm³/mol. The van der Waals surface area contributed by atoms with Gasteiger partial charge in [-0.05, 0) is 117 Å². The fraction of sp³-hybridized carbons (Fsp3) is 0.312. The van der Waals surface area contributed by atoms with Gasteiger partial charge in [-0.3, -0.25) is 0 Å². The molecular formula is C32H35N7S. The number of anilines is 1. The van der Waals surface area contributed by atoms with Crippen molar-refractivity contribution in [1.82, 2.24) is 0 Å². The Labute approximate surface area is 240 Å². The van der Waals surface area contributed by atoms with Crippen molar-refractivity contribution in [1.29, 1.82) is 0 Å². The summed E-state index contributed by atoms with van der Waals surface area (Å²) >= 11 is 1.70. The maximum Gasteiger partial charge on any atom is 0.140 e. The van der Waals surface area contributed by atoms with Gasteiger partial charge in [-0.25, -0.2) is 0 Å². The lowest BCUT2D eigenvalue weighted by Gasteiger charge is -2.26. The molecule has 0 N–H and O–H groups in total. The van der Waals surface area contributed by atoms with Crippen LogP contribution in [0.2, 0.25) is 0 Å². The first kappa shape index (κ1) is 27.5. The fourth-order valence-electron chi connectivity index (χ4n) is 4.50. The highest BCUT2D eigenvalue weighted by molar-refractivity contribution is 7.19. The molecule has 1 aromatic heterocycles. The molecule has 1 aliphatic rings. The van der Waals surface area contributed by atoms with Gasteiger partial charge in [0.2, 0.25) is 0 Å². The van der Waals surface area contributed by atoms with Crippen molar-refractivity contribution >= 4 is 49.8 Å². The van der Waals surface area contributed by atoms with E-state index in [1.807, 2.05) is 67.6 Å². The number of rotatable bonds is 10. The lowest BCUT2D eigenvalue weighted by Crippen LogP contribution is -2.28. The zero-order valence-corrected chi connectivity index (χ0v) is 24.0. The van der Waals surface area contributed by atoms with Crippen molar-refractivity contribution in [3.8, 4) is 0 Å². The van der Waals surface area contributed by atoms with Crippen LogP contribution in [0.4, 0.5) is 38.4 Å². The van der Waals surface area contributed by atoms with Crippen LogP contribution in [-0.2, 0) is 6.42 Å². The van der Waals surface area contributed by atoms with E-state index >= 15 is 0 Å². The molecule has 204 valence electrons. The van der Waals surface area contributed by atoms with Crippen LogP contribution < -0.4 is 4.90 Å². The molecule has 40 heavy (non-hydrogen) atoms. The molecule has 0 radical (unpaired) electrons. The first-order valence-corrected chi connectivity index (χ1v) is 14.9. The highest BCUT2D eigenvalue weighted by Gasteiger charge is 2.12. The van der Waals surface area contributed by atoms with Crippen LogP contribution in [0.15, 0.2) is 110 Å². The van der Waals surface area contributed by atoms with E-state index in [4.69, 9.17) is 0 Å². The van der Waals surface area contributed by atoms with Gasteiger partial charge in [0.05, 0.1) is 33.4 Å². The summed E-state index contributed by atoms with van der Waals surface area (Å²) in [7, 11) is 0. The van der Waals surface area contributed by atoms with Crippen LogP contribution in [0, 0.1) is 6.92 Å². The lowest BCUT2D eigenvalue weighted by atomic mass is 10.1. The highest BCUT2D eigenvalue weighted by atomic mass is 32.1. The summed E-state index contributed by atoms with van der Waals surface area (Å²) in [6.45, 7) is 6.48. The molecule has 0 bridgehead atoms. The topological polar surface area (TPSA) is 77.4 Å². The molecule has 1 fully saturated rings. The Morgan fingerprint density at radius 3 is 1.90 bits per heavy atom. The third-order valence-electron chi connectivity index (χ3n) is 6.85. The van der Waals surface area contributed by atoms with Gasteiger partial charge >= 0.3 is 0 Å². The van der Waals surface area contributed by atoms with Gasteiger partial charge in [0.1, 0.15) is 5.00 Å². The van der Waals surface area contributed by atoms with Gasteiger partial charge in [0, 0.05) is 13.1 Å². The number of nitrogens with zero attached hydrogens (tertiary/aromatic N) is 7. The van der Waals surface area contributed by atoms with Crippen molar-refractivity contribution in [2.24, 2.45) is 30.7 Å². The monoisotopic (exact) mass is 549 g/mol. The SMILES string of the molecule is CCCCc1ccc(N=Nc2ccc(N=Nc3ccc(N=Nc4ccc(N5CCCCC5)s4)cc3C)cc2)cc1. The maximum absolute atomic E-state index is 4.46. The lowest BCUT2D eigenvalue weighted by molar-refractivity contribution is 0.580. The summed E-state index contributed by atoms with van der Waals surface area (Å²) in [5, 5.41) is 28.6. The smallest absolute Gasteiger partial charge is 0.140 e. The van der Waals surface area contributed by atoms with Gasteiger partial charge in [0.25, 0.3) is 0 Å². The maximum atomic E-state index is 4.46. The molecule has 1 aliphatic heterocycles. The van der Waals surface area contributed by atoms with Gasteiger partial charge in [-0.2, -0.15) is 20.5 Å². The number of benzene rings is 3. The molecule has 2 heterocycles. The van der Waals surface area contributed by atoms with E-state index in [0.717, 1.165) is 58.5 Å². The molecule has 7 nitrogen and oxygen atoms in total. The van der Waals surface area contributed by atoms with E-state index in [1.54, 1.807) is 11.3 Å². The summed E-state index contributed by atoms with van der Waals surface area (Å²) in [5.41, 5.74) is 6.30. The summed E-state index contributed by atoms with van der Waals surface area (Å²) in [6, 6.07) is 25.9. The van der Waals surface area contributed by atoms with E-state index in [9.17, 15) is 0 Å². The summed E-state index contributed by atoms with van der Waals surface area (Å²) in [6.07, 6.45) is 7.38. The minimum Gasteiger partial charge on any atom is -0.363 e. The molecule has 0 atom stereocenters. The van der Waals surface area contributed by atoms with E-state index < -0.39 is 0 Å². The van der Waals surface area contributed by atoms with Crippen molar-refractivity contribution in [2.45, 2.75) is 52.4 Å². The average Bonchev–Trinajstić information content (AvgIpc) is 3.48.